The second kappa shape index (κ2) is 9.59. The highest BCUT2D eigenvalue weighted by Crippen LogP contribution is 2.21. The number of nitrogens with zero attached hydrogens (tertiary/aromatic N) is 1. The molecule has 108 valence electrons. The number of hydrogen-bond acceptors (Lipinski definition) is 4. The van der Waals surface area contributed by atoms with Crippen LogP contribution in [-0.4, -0.2) is 50.2 Å². The van der Waals surface area contributed by atoms with E-state index >= 15 is 0 Å². The lowest BCUT2D eigenvalue weighted by Gasteiger charge is -2.34. The van der Waals surface area contributed by atoms with Crippen molar-refractivity contribution >= 4 is 18.4 Å². The minimum atomic E-state index is -0.0831. The van der Waals surface area contributed by atoms with Gasteiger partial charge in [0.15, 0.2) is 0 Å². The van der Waals surface area contributed by atoms with Crippen molar-refractivity contribution in [2.24, 2.45) is 5.92 Å². The fourth-order valence-corrected chi connectivity index (χ4v) is 2.39. The van der Waals surface area contributed by atoms with E-state index < -0.39 is 0 Å². The van der Waals surface area contributed by atoms with Crippen LogP contribution in [0.4, 0.5) is 0 Å². The van der Waals surface area contributed by atoms with Gasteiger partial charge in [0.2, 0.25) is 0 Å². The van der Waals surface area contributed by atoms with Crippen molar-refractivity contribution in [3.05, 3.63) is 0 Å². The standard InChI is InChI=1S/C13H26N2O2.ClH/c1-4-17-13(16)11(2)15-9-6-12(7-10-15)5-8-14-3;/h11-12,14H,4-10H2,1-3H3;1H. The molecule has 1 aliphatic rings. The van der Waals surface area contributed by atoms with Gasteiger partial charge in [0, 0.05) is 0 Å². The Morgan fingerprint density at radius 3 is 2.56 bits per heavy atom. The van der Waals surface area contributed by atoms with Crippen LogP contribution in [0.15, 0.2) is 0 Å². The summed E-state index contributed by atoms with van der Waals surface area (Å²) in [5, 5.41) is 3.20. The molecule has 5 heteroatoms. The third-order valence-electron chi connectivity index (χ3n) is 3.63. The summed E-state index contributed by atoms with van der Waals surface area (Å²) in [5.41, 5.74) is 0. The minimum Gasteiger partial charge on any atom is -0.465 e. The molecule has 0 saturated carbocycles. The van der Waals surface area contributed by atoms with E-state index in [1.165, 1.54) is 19.3 Å². The Balaban J connectivity index is 0.00000289. The van der Waals surface area contributed by atoms with E-state index in [4.69, 9.17) is 4.74 Å². The molecule has 1 rings (SSSR count). The zero-order valence-corrected chi connectivity index (χ0v) is 12.6. The largest absolute Gasteiger partial charge is 0.465 e. The van der Waals surface area contributed by atoms with E-state index in [9.17, 15) is 4.79 Å². The number of esters is 1. The van der Waals surface area contributed by atoms with Gasteiger partial charge in [0.25, 0.3) is 0 Å². The van der Waals surface area contributed by atoms with Crippen molar-refractivity contribution in [3.63, 3.8) is 0 Å². The van der Waals surface area contributed by atoms with Crippen molar-refractivity contribution < 1.29 is 9.53 Å². The van der Waals surface area contributed by atoms with Gasteiger partial charge in [-0.1, -0.05) is 0 Å². The SMILES string of the molecule is CCOC(=O)C(C)N1CCC(CCNC)CC1.Cl. The molecule has 0 radical (unpaired) electrons. The van der Waals surface area contributed by atoms with Gasteiger partial charge in [-0.15, -0.1) is 12.4 Å². The first-order valence-electron chi connectivity index (χ1n) is 6.74. The number of nitrogens with one attached hydrogen (secondary N) is 1. The highest BCUT2D eigenvalue weighted by molar-refractivity contribution is 5.85. The van der Waals surface area contributed by atoms with Crippen LogP contribution >= 0.6 is 12.4 Å². The number of likely N-dealkylation sites (tertiary alicyclic amines) is 1. The van der Waals surface area contributed by atoms with Crippen LogP contribution in [0.2, 0.25) is 0 Å². The van der Waals surface area contributed by atoms with Gasteiger partial charge in [-0.25, -0.2) is 0 Å². The molecule has 0 aromatic carbocycles. The van der Waals surface area contributed by atoms with Gasteiger partial charge in [0.05, 0.1) is 6.61 Å². The monoisotopic (exact) mass is 278 g/mol. The lowest BCUT2D eigenvalue weighted by atomic mass is 9.93. The minimum absolute atomic E-state index is 0. The summed E-state index contributed by atoms with van der Waals surface area (Å²) in [6.07, 6.45) is 3.65. The molecule has 1 aliphatic heterocycles. The number of rotatable bonds is 6. The maximum absolute atomic E-state index is 11.6. The average molecular weight is 279 g/mol. The molecule has 0 spiro atoms. The molecule has 18 heavy (non-hydrogen) atoms. The molecule has 0 aromatic rings. The first kappa shape index (κ1) is 17.7. The highest BCUT2D eigenvalue weighted by atomic mass is 35.5. The molecular weight excluding hydrogens is 252 g/mol. The van der Waals surface area contributed by atoms with E-state index in [1.807, 2.05) is 20.9 Å². The summed E-state index contributed by atoms with van der Waals surface area (Å²) < 4.78 is 5.06. The number of hydrogen-bond donors (Lipinski definition) is 1. The predicted octanol–water partition coefficient (Wildman–Crippen LogP) is 1.68. The van der Waals surface area contributed by atoms with Crippen LogP contribution in [0.25, 0.3) is 0 Å². The molecule has 1 atom stereocenters. The Kier molecular flexibility index (Phi) is 9.42. The van der Waals surface area contributed by atoms with Crippen molar-refractivity contribution in [1.29, 1.82) is 0 Å². The van der Waals surface area contributed by atoms with Gasteiger partial charge in [-0.3, -0.25) is 9.69 Å². The molecular formula is C13H27ClN2O2. The molecule has 1 unspecified atom stereocenters. The Bertz CT molecular complexity index is 231. The fraction of sp³-hybridized carbons (Fsp3) is 0.923. The number of ether oxygens (including phenoxy) is 1. The van der Waals surface area contributed by atoms with E-state index in [-0.39, 0.29) is 24.4 Å². The van der Waals surface area contributed by atoms with Crippen LogP contribution in [0.1, 0.15) is 33.1 Å². The second-order valence-electron chi connectivity index (χ2n) is 4.80. The van der Waals surface area contributed by atoms with E-state index in [0.717, 1.165) is 25.6 Å². The Hall–Kier alpha value is -0.320. The molecule has 0 bridgehead atoms. The summed E-state index contributed by atoms with van der Waals surface area (Å²) in [5.74, 6) is 0.731. The Labute approximate surface area is 117 Å². The Morgan fingerprint density at radius 1 is 1.44 bits per heavy atom. The topological polar surface area (TPSA) is 41.6 Å². The second-order valence-corrected chi connectivity index (χ2v) is 4.80. The third kappa shape index (κ3) is 5.55. The van der Waals surface area contributed by atoms with Crippen LogP contribution < -0.4 is 5.32 Å². The summed E-state index contributed by atoms with van der Waals surface area (Å²) >= 11 is 0. The summed E-state index contributed by atoms with van der Waals surface area (Å²) in [7, 11) is 2.00. The smallest absolute Gasteiger partial charge is 0.323 e. The fourth-order valence-electron chi connectivity index (χ4n) is 2.39. The van der Waals surface area contributed by atoms with Crippen LogP contribution in [-0.2, 0) is 9.53 Å². The zero-order valence-electron chi connectivity index (χ0n) is 11.8. The van der Waals surface area contributed by atoms with Crippen LogP contribution in [0, 0.1) is 5.92 Å². The molecule has 1 fully saturated rings. The first-order chi connectivity index (χ1) is 8.19. The van der Waals surface area contributed by atoms with Crippen molar-refractivity contribution in [2.45, 2.75) is 39.2 Å². The molecule has 4 nitrogen and oxygen atoms in total. The lowest BCUT2D eigenvalue weighted by molar-refractivity contribution is -0.149. The van der Waals surface area contributed by atoms with Gasteiger partial charge >= 0.3 is 5.97 Å². The van der Waals surface area contributed by atoms with E-state index in [1.54, 1.807) is 0 Å². The van der Waals surface area contributed by atoms with Gasteiger partial charge in [-0.2, -0.15) is 0 Å². The van der Waals surface area contributed by atoms with Crippen LogP contribution in [0.5, 0.6) is 0 Å². The van der Waals surface area contributed by atoms with Gasteiger partial charge in [-0.05, 0) is 65.7 Å². The third-order valence-corrected chi connectivity index (χ3v) is 3.63. The zero-order chi connectivity index (χ0) is 12.7. The molecule has 0 aromatic heterocycles. The first-order valence-corrected chi connectivity index (χ1v) is 6.74. The maximum atomic E-state index is 11.6. The van der Waals surface area contributed by atoms with E-state index in [0.29, 0.717) is 6.61 Å². The number of carbonyl (C=O) groups excluding carboxylic acids is 1. The molecule has 0 aliphatic carbocycles. The average Bonchev–Trinajstić information content (AvgIpc) is 2.36. The van der Waals surface area contributed by atoms with Gasteiger partial charge in [0.1, 0.15) is 6.04 Å². The van der Waals surface area contributed by atoms with Crippen molar-refractivity contribution in [2.75, 3.05) is 33.3 Å². The summed E-state index contributed by atoms with van der Waals surface area (Å²) in [6, 6.07) is -0.0831. The number of piperidine rings is 1. The predicted molar refractivity (Wildman–Crippen MR) is 76.2 cm³/mol. The highest BCUT2D eigenvalue weighted by Gasteiger charge is 2.26. The number of halogens is 1. The quantitative estimate of drug-likeness (QED) is 0.751. The molecule has 1 N–H and O–H groups in total. The molecule has 1 saturated heterocycles. The van der Waals surface area contributed by atoms with Crippen molar-refractivity contribution in [3.8, 4) is 0 Å². The lowest BCUT2D eigenvalue weighted by Crippen LogP contribution is -2.44. The van der Waals surface area contributed by atoms with Crippen molar-refractivity contribution in [1.82, 2.24) is 10.2 Å². The molecule has 1 heterocycles. The van der Waals surface area contributed by atoms with Crippen LogP contribution in [0.3, 0.4) is 0 Å². The van der Waals surface area contributed by atoms with Gasteiger partial charge < -0.3 is 10.1 Å². The van der Waals surface area contributed by atoms with E-state index in [2.05, 4.69) is 10.2 Å². The maximum Gasteiger partial charge on any atom is 0.323 e. The normalized spacial score (nSPS) is 19.1. The summed E-state index contributed by atoms with van der Waals surface area (Å²) in [6.45, 7) is 7.42. The molecule has 0 amide bonds. The summed E-state index contributed by atoms with van der Waals surface area (Å²) in [4.78, 5) is 13.9. The number of carbonyl (C=O) groups is 1. The Morgan fingerprint density at radius 2 is 2.06 bits per heavy atom.